The van der Waals surface area contributed by atoms with Gasteiger partial charge in [-0.25, -0.2) is 9.59 Å². The number of methoxy groups -OCH3 is 1. The lowest BCUT2D eigenvalue weighted by Crippen LogP contribution is -2.21. The van der Waals surface area contributed by atoms with Crippen LogP contribution in [0, 0.1) is 11.3 Å². The molecule has 4 aromatic rings. The van der Waals surface area contributed by atoms with Crippen LogP contribution in [0.25, 0.3) is 10.1 Å². The van der Waals surface area contributed by atoms with E-state index in [1.807, 2.05) is 0 Å². The Kier molecular flexibility index (Phi) is 6.52. The van der Waals surface area contributed by atoms with Gasteiger partial charge in [0.25, 0.3) is 0 Å². The number of halogens is 2. The van der Waals surface area contributed by atoms with Crippen molar-refractivity contribution in [3.8, 4) is 17.6 Å². The summed E-state index contributed by atoms with van der Waals surface area (Å²) in [7, 11) is 1.30. The molecule has 0 amide bonds. The van der Waals surface area contributed by atoms with E-state index < -0.39 is 17.9 Å². The van der Waals surface area contributed by atoms with E-state index in [1.54, 1.807) is 54.6 Å². The molecule has 37 heavy (non-hydrogen) atoms. The third kappa shape index (κ3) is 4.49. The minimum atomic E-state index is -0.630. The molecular formula is C27H16Cl2N2O5S. The Balaban J connectivity index is 1.47. The highest BCUT2D eigenvalue weighted by molar-refractivity contribution is 7.21. The largest absolute Gasteiger partial charge is 0.465 e. The van der Waals surface area contributed by atoms with Gasteiger partial charge in [0.1, 0.15) is 28.0 Å². The second kappa shape index (κ2) is 9.79. The number of carbonyl (C=O) groups excluding carboxylic acids is 2. The summed E-state index contributed by atoms with van der Waals surface area (Å²) in [5.74, 6) is -1.17. The molecule has 0 bridgehead atoms. The molecule has 0 radical (unpaired) electrons. The molecule has 1 aliphatic rings. The van der Waals surface area contributed by atoms with Gasteiger partial charge >= 0.3 is 11.9 Å². The van der Waals surface area contributed by atoms with E-state index in [2.05, 4.69) is 6.07 Å². The van der Waals surface area contributed by atoms with Gasteiger partial charge < -0.3 is 19.9 Å². The second-order valence-corrected chi connectivity index (χ2v) is 9.88. The molecule has 3 aromatic carbocycles. The van der Waals surface area contributed by atoms with Crippen molar-refractivity contribution in [2.45, 2.75) is 5.92 Å². The molecule has 0 saturated carbocycles. The highest BCUT2D eigenvalue weighted by Gasteiger charge is 2.31. The average Bonchev–Trinajstić information content (AvgIpc) is 3.22. The molecular weight excluding hydrogens is 535 g/mol. The smallest absolute Gasteiger partial charge is 0.355 e. The lowest BCUT2D eigenvalue weighted by atomic mass is 9.83. The first-order chi connectivity index (χ1) is 17.8. The standard InChI is InChI=1S/C27H16Cl2N2O5S/c1-34-26(32)14-4-2-13(3-5-14)22-17-9-7-16(11-20(17)36-25(31)19(22)12-30)35-27(33)24-23(29)18-8-6-15(28)10-21(18)37-24/h2-11,22H,31H2,1H3. The summed E-state index contributed by atoms with van der Waals surface area (Å²) in [6.07, 6.45) is 0. The average molecular weight is 551 g/mol. The molecule has 5 rings (SSSR count). The molecule has 0 saturated heterocycles. The summed E-state index contributed by atoms with van der Waals surface area (Å²) >= 11 is 13.7. The number of carbonyl (C=O) groups is 2. The summed E-state index contributed by atoms with van der Waals surface area (Å²) in [5, 5.41) is 11.3. The predicted octanol–water partition coefficient (Wildman–Crippen LogP) is 6.43. The van der Waals surface area contributed by atoms with Crippen LogP contribution in [0.5, 0.6) is 11.5 Å². The van der Waals surface area contributed by atoms with Gasteiger partial charge in [0, 0.05) is 26.7 Å². The lowest BCUT2D eigenvalue weighted by molar-refractivity contribution is 0.0600. The van der Waals surface area contributed by atoms with Crippen LogP contribution in [-0.2, 0) is 4.74 Å². The van der Waals surface area contributed by atoms with Crippen LogP contribution in [0.2, 0.25) is 10.0 Å². The second-order valence-electron chi connectivity index (χ2n) is 8.01. The molecule has 7 nitrogen and oxygen atoms in total. The summed E-state index contributed by atoms with van der Waals surface area (Å²) in [5.41, 5.74) is 8.03. The minimum absolute atomic E-state index is 0.0649. The molecule has 1 aliphatic heterocycles. The zero-order valence-corrected chi connectivity index (χ0v) is 21.4. The molecule has 1 unspecified atom stereocenters. The highest BCUT2D eigenvalue weighted by Crippen LogP contribution is 2.44. The number of nitrogens with two attached hydrogens (primary N) is 1. The highest BCUT2D eigenvalue weighted by atomic mass is 35.5. The maximum Gasteiger partial charge on any atom is 0.355 e. The fourth-order valence-corrected chi connectivity index (χ4v) is 5.76. The molecule has 184 valence electrons. The van der Waals surface area contributed by atoms with E-state index >= 15 is 0 Å². The molecule has 0 aliphatic carbocycles. The number of allylic oxidation sites excluding steroid dienone is 1. The van der Waals surface area contributed by atoms with E-state index in [-0.39, 0.29) is 27.1 Å². The van der Waals surface area contributed by atoms with Crippen molar-refractivity contribution in [1.82, 2.24) is 0 Å². The van der Waals surface area contributed by atoms with E-state index in [1.165, 1.54) is 24.5 Å². The summed E-state index contributed by atoms with van der Waals surface area (Å²) in [6.45, 7) is 0. The zero-order valence-electron chi connectivity index (χ0n) is 19.1. The Bertz CT molecular complexity index is 1650. The first-order valence-electron chi connectivity index (χ1n) is 10.8. The van der Waals surface area contributed by atoms with Crippen LogP contribution in [0.3, 0.4) is 0 Å². The number of hydrogen-bond acceptors (Lipinski definition) is 8. The molecule has 0 fully saturated rings. The van der Waals surface area contributed by atoms with Gasteiger partial charge in [-0.05, 0) is 35.9 Å². The van der Waals surface area contributed by atoms with Gasteiger partial charge in [0.2, 0.25) is 5.88 Å². The topological polar surface area (TPSA) is 112 Å². The number of hydrogen-bond donors (Lipinski definition) is 1. The monoisotopic (exact) mass is 550 g/mol. The Hall–Kier alpha value is -4.03. The number of esters is 2. The normalized spacial score (nSPS) is 14.5. The number of nitrogens with zero attached hydrogens (tertiary/aromatic N) is 1. The van der Waals surface area contributed by atoms with Crippen LogP contribution in [0.1, 0.15) is 37.1 Å². The molecule has 2 N–H and O–H groups in total. The maximum absolute atomic E-state index is 12.9. The quantitative estimate of drug-likeness (QED) is 0.230. The molecule has 0 spiro atoms. The predicted molar refractivity (Wildman–Crippen MR) is 140 cm³/mol. The first kappa shape index (κ1) is 24.7. The van der Waals surface area contributed by atoms with Crippen LogP contribution in [-0.4, -0.2) is 19.0 Å². The number of ether oxygens (including phenoxy) is 3. The zero-order chi connectivity index (χ0) is 26.3. The third-order valence-corrected chi connectivity index (χ3v) is 7.72. The molecule has 10 heteroatoms. The van der Waals surface area contributed by atoms with Gasteiger partial charge in [-0.3, -0.25) is 0 Å². The maximum atomic E-state index is 12.9. The Labute approximate surface area is 225 Å². The number of nitriles is 1. The van der Waals surface area contributed by atoms with E-state index in [9.17, 15) is 14.9 Å². The van der Waals surface area contributed by atoms with Crippen molar-refractivity contribution in [1.29, 1.82) is 5.26 Å². The van der Waals surface area contributed by atoms with E-state index in [0.717, 1.165) is 10.3 Å². The van der Waals surface area contributed by atoms with Crippen LogP contribution < -0.4 is 15.2 Å². The van der Waals surface area contributed by atoms with E-state index in [0.29, 0.717) is 27.3 Å². The van der Waals surface area contributed by atoms with Crippen LogP contribution in [0.15, 0.2) is 72.1 Å². The van der Waals surface area contributed by atoms with Crippen LogP contribution >= 0.6 is 34.5 Å². The molecule has 2 heterocycles. The molecule has 1 atom stereocenters. The van der Waals surface area contributed by atoms with Gasteiger partial charge in [0.05, 0.1) is 23.6 Å². The van der Waals surface area contributed by atoms with Crippen LogP contribution in [0.4, 0.5) is 0 Å². The number of rotatable bonds is 4. The van der Waals surface area contributed by atoms with Crippen molar-refractivity contribution in [2.24, 2.45) is 5.73 Å². The van der Waals surface area contributed by atoms with Gasteiger partial charge in [-0.2, -0.15) is 5.26 Å². The molecule has 1 aromatic heterocycles. The SMILES string of the molecule is COC(=O)c1ccc(C2C(C#N)=C(N)Oc3cc(OC(=O)c4sc5cc(Cl)ccc5c4Cl)ccc32)cc1. The fraction of sp³-hybridized carbons (Fsp3) is 0.0741. The van der Waals surface area contributed by atoms with Crippen molar-refractivity contribution in [3.05, 3.63) is 104 Å². The van der Waals surface area contributed by atoms with Gasteiger partial charge in [-0.1, -0.05) is 47.5 Å². The van der Waals surface area contributed by atoms with Gasteiger partial charge in [-0.15, -0.1) is 11.3 Å². The summed E-state index contributed by atoms with van der Waals surface area (Å²) in [4.78, 5) is 25.0. The Morgan fingerprint density at radius 3 is 2.51 bits per heavy atom. The number of thiophene rings is 1. The summed E-state index contributed by atoms with van der Waals surface area (Å²) in [6, 6.07) is 18.8. The van der Waals surface area contributed by atoms with Crippen molar-refractivity contribution >= 4 is 56.6 Å². The van der Waals surface area contributed by atoms with Gasteiger partial charge in [0.15, 0.2) is 0 Å². The summed E-state index contributed by atoms with van der Waals surface area (Å²) < 4.78 is 16.8. The van der Waals surface area contributed by atoms with Crippen molar-refractivity contribution < 1.29 is 23.8 Å². The number of benzene rings is 3. The first-order valence-corrected chi connectivity index (χ1v) is 12.4. The Morgan fingerprint density at radius 1 is 1.05 bits per heavy atom. The lowest BCUT2D eigenvalue weighted by Gasteiger charge is -2.26. The van der Waals surface area contributed by atoms with Crippen molar-refractivity contribution in [3.63, 3.8) is 0 Å². The van der Waals surface area contributed by atoms with Crippen molar-refractivity contribution in [2.75, 3.05) is 7.11 Å². The fourth-order valence-electron chi connectivity index (χ4n) is 4.10. The Morgan fingerprint density at radius 2 is 1.81 bits per heavy atom. The third-order valence-electron chi connectivity index (χ3n) is 5.84. The number of fused-ring (bicyclic) bond motifs is 2. The minimum Gasteiger partial charge on any atom is -0.465 e. The van der Waals surface area contributed by atoms with E-state index in [4.69, 9.17) is 43.1 Å².